The van der Waals surface area contributed by atoms with Gasteiger partial charge < -0.3 is 13.4 Å². The Hall–Kier alpha value is -8.99. The predicted molar refractivity (Wildman–Crippen MR) is 406 cm³/mol. The summed E-state index contributed by atoms with van der Waals surface area (Å²) in [5.41, 5.74) is 7.10. The fourth-order valence-corrected chi connectivity index (χ4v) is 9.92. The van der Waals surface area contributed by atoms with Crippen LogP contribution in [0.2, 0.25) is 0 Å². The van der Waals surface area contributed by atoms with Gasteiger partial charge in [0.15, 0.2) is 12.3 Å². The maximum Gasteiger partial charge on any atom is 0.196 e. The highest BCUT2D eigenvalue weighted by molar-refractivity contribution is 7.18. The van der Waals surface area contributed by atoms with E-state index in [1.807, 2.05) is 111 Å². The van der Waals surface area contributed by atoms with E-state index in [4.69, 9.17) is 13.4 Å². The molecule has 0 aliphatic carbocycles. The number of rotatable bonds is 10. The quantitative estimate of drug-likeness (QED) is 0.126. The van der Waals surface area contributed by atoms with Crippen molar-refractivity contribution in [3.8, 4) is 0 Å². The Morgan fingerprint density at radius 2 is 0.990 bits per heavy atom. The summed E-state index contributed by atoms with van der Waals surface area (Å²) >= 11 is 3.51. The molecule has 0 saturated heterocycles. The minimum absolute atomic E-state index is 0.407. The molecular weight excluding hydrogens is 1240 g/mol. The molecule has 0 amide bonds. The number of benzene rings is 3. The molecule has 0 saturated carbocycles. The topological polar surface area (TPSA) is 181 Å². The Labute approximate surface area is 586 Å². The summed E-state index contributed by atoms with van der Waals surface area (Å²) in [5, 5.41) is 11.8. The molecule has 0 spiro atoms. The molecule has 97 heavy (non-hydrogen) atoms. The highest BCUT2D eigenvalue weighted by atomic mass is 32.1. The van der Waals surface area contributed by atoms with Crippen molar-refractivity contribution in [2.75, 3.05) is 0 Å². The average Bonchev–Trinajstić information content (AvgIpc) is 1.58. The summed E-state index contributed by atoms with van der Waals surface area (Å²) < 4.78 is 16.1. The number of hydrogen-bond donors (Lipinski definition) is 0. The number of pyridine rings is 4. The lowest BCUT2D eigenvalue weighted by Gasteiger charge is -2.07. The molecule has 14 nitrogen and oxygen atoms in total. The van der Waals surface area contributed by atoms with Gasteiger partial charge in [-0.2, -0.15) is 0 Å². The first-order chi connectivity index (χ1) is 46.5. The lowest BCUT2D eigenvalue weighted by molar-refractivity contribution is 0.371. The van der Waals surface area contributed by atoms with Crippen LogP contribution < -0.4 is 0 Å². The maximum atomic E-state index is 4.98. The first-order valence-corrected chi connectivity index (χ1v) is 35.4. The third-order valence-electron chi connectivity index (χ3n) is 14.0. The molecule has 0 aliphatic rings. The van der Waals surface area contributed by atoms with E-state index in [1.54, 1.807) is 59.9 Å². The normalized spacial score (nSPS) is 10.6. The van der Waals surface area contributed by atoms with Gasteiger partial charge in [-0.15, -0.1) is 22.7 Å². The van der Waals surface area contributed by atoms with Crippen LogP contribution in [0.25, 0.3) is 31.9 Å². The van der Waals surface area contributed by atoms with Gasteiger partial charge in [-0.05, 0) is 95.3 Å². The predicted octanol–water partition coefficient (Wildman–Crippen LogP) is 23.8. The van der Waals surface area contributed by atoms with Gasteiger partial charge in [0.05, 0.1) is 50.0 Å². The highest BCUT2D eigenvalue weighted by Gasteiger charge is 2.08. The van der Waals surface area contributed by atoms with E-state index in [9.17, 15) is 0 Å². The van der Waals surface area contributed by atoms with Crippen molar-refractivity contribution >= 4 is 54.6 Å². The van der Waals surface area contributed by atoms with Gasteiger partial charge in [0.25, 0.3) is 0 Å². The fourth-order valence-electron chi connectivity index (χ4n) is 8.29. The molecule has 16 heteroatoms. The number of para-hydroxylation sites is 2. The van der Waals surface area contributed by atoms with Gasteiger partial charge in [-0.25, -0.2) is 29.9 Å². The molecule has 0 N–H and O–H groups in total. The Morgan fingerprint density at radius 3 is 1.43 bits per heavy atom. The van der Waals surface area contributed by atoms with E-state index in [2.05, 4.69) is 252 Å². The van der Waals surface area contributed by atoms with E-state index in [0.717, 1.165) is 40.0 Å². The van der Waals surface area contributed by atoms with Crippen molar-refractivity contribution in [1.82, 2.24) is 55.0 Å². The summed E-state index contributed by atoms with van der Waals surface area (Å²) in [6.07, 6.45) is 20.9. The number of fused-ring (bicyclic) bond motifs is 3. The Kier molecular flexibility index (Phi) is 37.1. The van der Waals surface area contributed by atoms with Crippen LogP contribution in [-0.2, 0) is 0 Å². The molecule has 13 aromatic rings. The molecule has 514 valence electrons. The number of oxazole rings is 2. The fraction of sp³-hybridized carbons (Fsp3) is 0.370. The van der Waals surface area contributed by atoms with E-state index in [-0.39, 0.29) is 0 Å². The highest BCUT2D eigenvalue weighted by Crippen LogP contribution is 2.27. The van der Waals surface area contributed by atoms with Gasteiger partial charge in [0, 0.05) is 112 Å². The van der Waals surface area contributed by atoms with Gasteiger partial charge in [-0.1, -0.05) is 210 Å². The summed E-state index contributed by atoms with van der Waals surface area (Å²) in [4.78, 5) is 41.6. The van der Waals surface area contributed by atoms with E-state index >= 15 is 0 Å². The summed E-state index contributed by atoms with van der Waals surface area (Å²) in [5.74, 6) is 8.68. The first kappa shape index (κ1) is 80.4. The second-order valence-corrected chi connectivity index (χ2v) is 27.6. The van der Waals surface area contributed by atoms with Crippen molar-refractivity contribution in [1.29, 1.82) is 0 Å². The summed E-state index contributed by atoms with van der Waals surface area (Å²) in [6.45, 7) is 42.5. The Balaban J connectivity index is 0.000000231. The number of hydrogen-bond acceptors (Lipinski definition) is 16. The molecule has 10 heterocycles. The zero-order valence-corrected chi connectivity index (χ0v) is 62.6. The van der Waals surface area contributed by atoms with Crippen LogP contribution in [0.5, 0.6) is 0 Å². The van der Waals surface area contributed by atoms with Crippen molar-refractivity contribution in [2.45, 2.75) is 198 Å². The van der Waals surface area contributed by atoms with Crippen LogP contribution in [0.3, 0.4) is 0 Å². The van der Waals surface area contributed by atoms with Crippen LogP contribution in [0.15, 0.2) is 227 Å². The molecule has 0 aliphatic heterocycles. The largest absolute Gasteiger partial charge is 0.449 e. The lowest BCUT2D eigenvalue weighted by Crippen LogP contribution is -1.93. The minimum Gasteiger partial charge on any atom is -0.449 e. The Bertz CT molecular complexity index is 3720. The van der Waals surface area contributed by atoms with Crippen molar-refractivity contribution in [3.05, 3.63) is 269 Å². The van der Waals surface area contributed by atoms with E-state index in [1.165, 1.54) is 54.2 Å². The third-order valence-corrected chi connectivity index (χ3v) is 16.4. The molecule has 0 fully saturated rings. The third kappa shape index (κ3) is 30.7. The second-order valence-electron chi connectivity index (χ2n) is 25.6. The lowest BCUT2D eigenvalue weighted by atomic mass is 10.0. The molecule has 3 aromatic carbocycles. The number of nitrogens with zero attached hydrogens (tertiary/aromatic N) is 11. The van der Waals surface area contributed by atoms with Crippen LogP contribution >= 0.6 is 22.7 Å². The SMILES string of the molecule is CC(C)c1ccc2ccccc2n1.CC(C)c1ccccn1.CC(C)c1ccncc1.CC(C)c1ccno1.CC(C)c1cnco1.CC(C)c1nc2ccccc2s1.CC(C)c1nccc2ccccc12.CC(C)c1ncccn1.CC(C)c1ncco1.CC(C)c1nccs1. The first-order valence-electron chi connectivity index (χ1n) is 33.7. The summed E-state index contributed by atoms with van der Waals surface area (Å²) in [6, 6.07) is 45.0. The number of thiazole rings is 2. The Morgan fingerprint density at radius 1 is 0.361 bits per heavy atom. The molecule has 10 aromatic heterocycles. The summed E-state index contributed by atoms with van der Waals surface area (Å²) in [7, 11) is 0. The molecule has 0 atom stereocenters. The van der Waals surface area contributed by atoms with Gasteiger partial charge >= 0.3 is 0 Å². The van der Waals surface area contributed by atoms with Crippen LogP contribution in [-0.4, -0.2) is 55.0 Å². The van der Waals surface area contributed by atoms with Crippen LogP contribution in [0.1, 0.15) is 254 Å². The average molecular weight is 1340 g/mol. The van der Waals surface area contributed by atoms with Crippen molar-refractivity contribution < 1.29 is 13.4 Å². The monoisotopic (exact) mass is 1340 g/mol. The zero-order valence-electron chi connectivity index (χ0n) is 60.9. The van der Waals surface area contributed by atoms with Gasteiger partial charge in [-0.3, -0.25) is 19.9 Å². The van der Waals surface area contributed by atoms with E-state index < -0.39 is 0 Å². The molecule has 0 radical (unpaired) electrons. The molecule has 0 unspecified atom stereocenters. The molecule has 13 rings (SSSR count). The van der Waals surface area contributed by atoms with E-state index in [0.29, 0.717) is 59.2 Å². The second kappa shape index (κ2) is 44.7. The van der Waals surface area contributed by atoms with Gasteiger partial charge in [0.2, 0.25) is 0 Å². The van der Waals surface area contributed by atoms with Crippen molar-refractivity contribution in [2.24, 2.45) is 0 Å². The minimum atomic E-state index is 0.407. The smallest absolute Gasteiger partial charge is 0.196 e. The molecular formula is C81H105N11O3S2. The zero-order chi connectivity index (χ0) is 71.1. The maximum absolute atomic E-state index is 4.98. The number of aromatic nitrogens is 11. The van der Waals surface area contributed by atoms with Crippen molar-refractivity contribution in [3.63, 3.8) is 0 Å². The van der Waals surface area contributed by atoms with Crippen LogP contribution in [0, 0.1) is 0 Å². The van der Waals surface area contributed by atoms with Gasteiger partial charge in [0.1, 0.15) is 23.6 Å². The molecule has 0 bridgehead atoms. The standard InChI is InChI=1S/2C12H13N.C10H11NS.2C8H11N.C7H10N2.3C6H9NO.C6H9NS/c1-9(2)11-8-7-10-5-3-4-6-12(10)13-11;1-9(2)12-11-6-4-3-5-10(11)7-8-13-12;1-7(2)10-11-8-5-3-4-6-9(8)12-10;1-7(2)8-3-5-9-6-4-8;1-7(2)8-5-3-4-6-9-8;1-6(2)7-8-4-3-5-9-7;1-5(2)6-3-7-4-8-6;1-5(2)6-7-3-4-8-6;1-5(2)6-3-4-7-8-6;1-5(2)6-7-3-4-8-6/h2*3-9H,1-2H3;3-7H,1-2H3;2*3-7H,1-2H3;3-6H,1-2H3;4*3-5H,1-2H3. The van der Waals surface area contributed by atoms with Crippen LogP contribution in [0.4, 0.5) is 0 Å².